The van der Waals surface area contributed by atoms with Gasteiger partial charge in [-0.25, -0.2) is 8.42 Å². The lowest BCUT2D eigenvalue weighted by atomic mass is 10.1. The zero-order chi connectivity index (χ0) is 17.9. The Morgan fingerprint density at radius 1 is 1.38 bits per heavy atom. The van der Waals surface area contributed by atoms with Gasteiger partial charge in [-0.1, -0.05) is 34.1 Å². The minimum absolute atomic E-state index is 0.00541. The summed E-state index contributed by atoms with van der Waals surface area (Å²) in [6.07, 6.45) is 0.544. The molecule has 1 aliphatic heterocycles. The molecule has 134 valence electrons. The number of hydrogen-bond acceptors (Lipinski definition) is 4. The molecule has 2 unspecified atom stereocenters. The lowest BCUT2D eigenvalue weighted by molar-refractivity contribution is -0.137. The van der Waals surface area contributed by atoms with Gasteiger partial charge in [0.25, 0.3) is 0 Å². The van der Waals surface area contributed by atoms with Crippen LogP contribution in [0.5, 0.6) is 0 Å². The summed E-state index contributed by atoms with van der Waals surface area (Å²) in [7, 11) is -1.08. The van der Waals surface area contributed by atoms with Crippen molar-refractivity contribution in [2.45, 2.75) is 38.9 Å². The Bertz CT molecular complexity index is 693. The Hall–Kier alpha value is -0.920. The number of amides is 1. The van der Waals surface area contributed by atoms with Crippen molar-refractivity contribution in [1.29, 1.82) is 0 Å². The van der Waals surface area contributed by atoms with E-state index in [9.17, 15) is 13.2 Å². The lowest BCUT2D eigenvalue weighted by Gasteiger charge is -2.33. The smallest absolute Gasteiger partial charge is 0.239 e. The third-order valence-electron chi connectivity index (χ3n) is 4.67. The van der Waals surface area contributed by atoms with Crippen molar-refractivity contribution >= 4 is 31.7 Å². The predicted octanol–water partition coefficient (Wildman–Crippen LogP) is 2.31. The first kappa shape index (κ1) is 19.4. The maximum atomic E-state index is 12.9. The first-order chi connectivity index (χ1) is 11.2. The van der Waals surface area contributed by atoms with E-state index in [1.807, 2.05) is 50.1 Å². The largest absolute Gasteiger partial charge is 0.338 e. The van der Waals surface area contributed by atoms with E-state index in [1.54, 1.807) is 4.90 Å². The number of sulfone groups is 1. The molecule has 2 rings (SSSR count). The van der Waals surface area contributed by atoms with E-state index in [1.165, 1.54) is 0 Å². The molecule has 0 aromatic heterocycles. The first-order valence-electron chi connectivity index (χ1n) is 8.19. The number of likely N-dealkylation sites (N-methyl/N-ethyl adjacent to an activating group) is 2. The Kier molecular flexibility index (Phi) is 6.45. The van der Waals surface area contributed by atoms with Crippen LogP contribution in [0.4, 0.5) is 0 Å². The van der Waals surface area contributed by atoms with E-state index in [0.29, 0.717) is 19.5 Å². The van der Waals surface area contributed by atoms with Crippen molar-refractivity contribution in [3.8, 4) is 0 Å². The highest BCUT2D eigenvalue weighted by Gasteiger charge is 2.36. The maximum absolute atomic E-state index is 12.9. The van der Waals surface area contributed by atoms with Crippen LogP contribution >= 0.6 is 15.9 Å². The topological polar surface area (TPSA) is 57.7 Å². The summed E-state index contributed by atoms with van der Waals surface area (Å²) in [6.45, 7) is 4.97. The summed E-state index contributed by atoms with van der Waals surface area (Å²) in [5.74, 6) is 0.268. The van der Waals surface area contributed by atoms with Gasteiger partial charge >= 0.3 is 0 Å². The number of rotatable bonds is 6. The molecule has 1 aromatic rings. The summed E-state index contributed by atoms with van der Waals surface area (Å²) >= 11 is 3.53. The van der Waals surface area contributed by atoms with Crippen LogP contribution in [-0.4, -0.2) is 61.3 Å². The second-order valence-electron chi connectivity index (χ2n) is 6.36. The van der Waals surface area contributed by atoms with Gasteiger partial charge in [-0.3, -0.25) is 9.69 Å². The van der Waals surface area contributed by atoms with Gasteiger partial charge in [0.05, 0.1) is 17.5 Å². The van der Waals surface area contributed by atoms with E-state index in [4.69, 9.17) is 0 Å². The summed E-state index contributed by atoms with van der Waals surface area (Å²) in [5.41, 5.74) is 1.12. The molecule has 1 aromatic carbocycles. The van der Waals surface area contributed by atoms with Gasteiger partial charge in [-0.2, -0.15) is 0 Å². The first-order valence-corrected chi connectivity index (χ1v) is 10.8. The highest BCUT2D eigenvalue weighted by atomic mass is 79.9. The average molecular weight is 417 g/mol. The molecule has 5 nitrogen and oxygen atoms in total. The fourth-order valence-electron chi connectivity index (χ4n) is 3.08. The number of benzene rings is 1. The minimum Gasteiger partial charge on any atom is -0.338 e. The van der Waals surface area contributed by atoms with Gasteiger partial charge < -0.3 is 4.90 Å². The van der Waals surface area contributed by atoms with Gasteiger partial charge in [0.1, 0.15) is 0 Å². The van der Waals surface area contributed by atoms with Crippen LogP contribution in [0.3, 0.4) is 0 Å². The van der Waals surface area contributed by atoms with Crippen molar-refractivity contribution in [3.05, 3.63) is 34.3 Å². The molecule has 24 heavy (non-hydrogen) atoms. The predicted molar refractivity (Wildman–Crippen MR) is 99.5 cm³/mol. The molecule has 1 aliphatic rings. The van der Waals surface area contributed by atoms with Crippen LogP contribution in [-0.2, 0) is 21.2 Å². The third kappa shape index (κ3) is 4.58. The third-order valence-corrected chi connectivity index (χ3v) is 7.19. The normalized spacial score (nSPS) is 21.0. The van der Waals surface area contributed by atoms with E-state index in [-0.39, 0.29) is 29.5 Å². The summed E-state index contributed by atoms with van der Waals surface area (Å²) in [5, 5.41) is 0. The monoisotopic (exact) mass is 416 g/mol. The van der Waals surface area contributed by atoms with Gasteiger partial charge in [0, 0.05) is 23.6 Å². The second-order valence-corrected chi connectivity index (χ2v) is 9.45. The molecule has 1 amide bonds. The lowest BCUT2D eigenvalue weighted by Crippen LogP contribution is -2.49. The van der Waals surface area contributed by atoms with Gasteiger partial charge in [-0.15, -0.1) is 0 Å². The van der Waals surface area contributed by atoms with Crippen LogP contribution in [0.25, 0.3) is 0 Å². The number of carbonyl (C=O) groups excluding carboxylic acids is 1. The molecule has 1 saturated heterocycles. The number of carbonyl (C=O) groups is 1. The number of hydrogen-bond donors (Lipinski definition) is 0. The zero-order valence-corrected chi connectivity index (χ0v) is 16.8. The Morgan fingerprint density at radius 2 is 2.04 bits per heavy atom. The molecule has 1 heterocycles. The molecule has 2 atom stereocenters. The molecular formula is C17H25BrN2O3S. The molecule has 0 aliphatic carbocycles. The Labute approximate surface area is 153 Å². The summed E-state index contributed by atoms with van der Waals surface area (Å²) in [6, 6.07) is 7.45. The standard InChI is InChI=1S/C17H25BrN2O3S/c1-4-20(15-9-10-24(22,23)12-15)17(21)13(2)19(3)11-14-7-5-6-8-16(14)18/h5-8,13,15H,4,9-12H2,1-3H3. The molecular weight excluding hydrogens is 392 g/mol. The Balaban J connectivity index is 2.05. The van der Waals surface area contributed by atoms with E-state index >= 15 is 0 Å². The number of nitrogens with zero attached hydrogens (tertiary/aromatic N) is 2. The van der Waals surface area contributed by atoms with E-state index < -0.39 is 9.84 Å². The van der Waals surface area contributed by atoms with E-state index in [0.717, 1.165) is 10.0 Å². The second kappa shape index (κ2) is 7.97. The molecule has 0 saturated carbocycles. The fourth-order valence-corrected chi connectivity index (χ4v) is 5.22. The van der Waals surface area contributed by atoms with Crippen LogP contribution in [0.1, 0.15) is 25.8 Å². The van der Waals surface area contributed by atoms with Crippen LogP contribution in [0, 0.1) is 0 Å². The van der Waals surface area contributed by atoms with Gasteiger partial charge in [-0.05, 0) is 38.9 Å². The summed E-state index contributed by atoms with van der Waals surface area (Å²) < 4.78 is 24.4. The Morgan fingerprint density at radius 3 is 2.58 bits per heavy atom. The highest BCUT2D eigenvalue weighted by Crippen LogP contribution is 2.21. The van der Waals surface area contributed by atoms with Crippen molar-refractivity contribution in [2.24, 2.45) is 0 Å². The zero-order valence-electron chi connectivity index (χ0n) is 14.4. The molecule has 0 N–H and O–H groups in total. The fraction of sp³-hybridized carbons (Fsp3) is 0.588. The van der Waals surface area contributed by atoms with Crippen molar-refractivity contribution in [3.63, 3.8) is 0 Å². The molecule has 0 spiro atoms. The number of halogens is 1. The highest BCUT2D eigenvalue weighted by molar-refractivity contribution is 9.10. The molecule has 7 heteroatoms. The molecule has 0 bridgehead atoms. The van der Waals surface area contributed by atoms with Gasteiger partial charge in [0.15, 0.2) is 9.84 Å². The van der Waals surface area contributed by atoms with Crippen molar-refractivity contribution < 1.29 is 13.2 Å². The van der Waals surface area contributed by atoms with E-state index in [2.05, 4.69) is 15.9 Å². The van der Waals surface area contributed by atoms with Gasteiger partial charge in [0.2, 0.25) is 5.91 Å². The van der Waals surface area contributed by atoms with Crippen LogP contribution in [0.2, 0.25) is 0 Å². The molecule has 0 radical (unpaired) electrons. The van der Waals surface area contributed by atoms with Crippen molar-refractivity contribution in [2.75, 3.05) is 25.1 Å². The van der Waals surface area contributed by atoms with Crippen LogP contribution in [0.15, 0.2) is 28.7 Å². The average Bonchev–Trinajstić information content (AvgIpc) is 2.89. The minimum atomic E-state index is -3.00. The quantitative estimate of drug-likeness (QED) is 0.713. The summed E-state index contributed by atoms with van der Waals surface area (Å²) in [4.78, 5) is 16.6. The van der Waals surface area contributed by atoms with Crippen molar-refractivity contribution in [1.82, 2.24) is 9.80 Å². The van der Waals surface area contributed by atoms with Crippen LogP contribution < -0.4 is 0 Å². The molecule has 1 fully saturated rings. The SMILES string of the molecule is CCN(C(=O)C(C)N(C)Cc1ccccc1Br)C1CCS(=O)(=O)C1. The maximum Gasteiger partial charge on any atom is 0.239 e.